The molecule has 28 nitrogen and oxygen atoms in total. The molecule has 16 atom stereocenters. The Morgan fingerprint density at radius 2 is 1.60 bits per heavy atom. The molecule has 0 aromatic heterocycles. The highest BCUT2D eigenvalue weighted by atomic mass is 32.2. The number of benzene rings is 1. The van der Waals surface area contributed by atoms with Gasteiger partial charge >= 0.3 is 30.1 Å². The Bertz CT molecular complexity index is 2860. The third-order valence-electron chi connectivity index (χ3n) is 16.9. The average molecular weight is 1320 g/mol. The fraction of sp³-hybridized carbons (Fsp3) is 0.667. The number of cyclic esters (lactones) is 1. The Morgan fingerprint density at radius 1 is 0.902 bits per heavy atom. The second-order valence-corrected chi connectivity index (χ2v) is 25.6. The lowest BCUT2D eigenvalue weighted by molar-refractivity contribution is -0.271. The van der Waals surface area contributed by atoms with Crippen LogP contribution in [0.3, 0.4) is 0 Å². The highest BCUT2D eigenvalue weighted by Crippen LogP contribution is 2.38. The molecule has 29 heteroatoms. The third kappa shape index (κ3) is 21.2. The van der Waals surface area contributed by atoms with E-state index in [4.69, 9.17) is 33.2 Å². The van der Waals surface area contributed by atoms with Crippen molar-refractivity contribution in [2.45, 2.75) is 209 Å². The number of unbranched alkanes of at least 4 members (excludes halogenated alkanes) is 2. The van der Waals surface area contributed by atoms with Crippen LogP contribution in [0.25, 0.3) is 0 Å². The number of aliphatic hydroxyl groups is 6. The average Bonchev–Trinajstić information content (AvgIpc) is 1.38. The summed E-state index contributed by atoms with van der Waals surface area (Å²) in [6.45, 7) is 11.4. The Balaban J connectivity index is 1.06. The topological polar surface area (TPSA) is 397 Å². The first-order valence-electron chi connectivity index (χ1n) is 31.1. The molecule has 5 aliphatic heterocycles. The van der Waals surface area contributed by atoms with Crippen LogP contribution in [0.2, 0.25) is 0 Å². The molecule has 0 radical (unpaired) electrons. The number of carboxylic acid groups (broad SMARTS) is 1. The Hall–Kier alpha value is -6.70. The lowest BCUT2D eigenvalue weighted by Crippen LogP contribution is -2.61. The van der Waals surface area contributed by atoms with Crippen LogP contribution < -0.4 is 15.4 Å². The first-order chi connectivity index (χ1) is 43.4. The number of carbonyl (C=O) groups is 9. The largest absolute Gasteiger partial charge is 0.479 e. The van der Waals surface area contributed by atoms with Crippen LogP contribution in [0.5, 0.6) is 5.75 Å². The van der Waals surface area contributed by atoms with Gasteiger partial charge in [0.1, 0.15) is 42.4 Å². The zero-order valence-corrected chi connectivity index (χ0v) is 54.2. The fourth-order valence-corrected chi connectivity index (χ4v) is 11.9. The molecule has 5 heterocycles. The Morgan fingerprint density at radius 3 is 2.25 bits per heavy atom. The molecule has 92 heavy (non-hydrogen) atoms. The summed E-state index contributed by atoms with van der Waals surface area (Å²) in [4.78, 5) is 120. The van der Waals surface area contributed by atoms with Gasteiger partial charge in [-0.25, -0.2) is 14.4 Å². The molecular formula is C63H91N5O23S. The van der Waals surface area contributed by atoms with Crippen LogP contribution in [0, 0.1) is 11.8 Å². The lowest BCUT2D eigenvalue weighted by atomic mass is 9.88. The van der Waals surface area contributed by atoms with Crippen molar-refractivity contribution in [3.63, 3.8) is 0 Å². The maximum atomic E-state index is 14.1. The summed E-state index contributed by atoms with van der Waals surface area (Å²) in [6.07, 6.45) is -3.91. The van der Waals surface area contributed by atoms with E-state index < -0.39 is 115 Å². The number of hydrogen-bond acceptors (Lipinski definition) is 23. The molecule has 0 spiro atoms. The predicted octanol–water partition coefficient (Wildman–Crippen LogP) is 3.00. The molecule has 512 valence electrons. The number of aliphatic carboxylic acids is 1. The van der Waals surface area contributed by atoms with E-state index in [0.717, 1.165) is 0 Å². The van der Waals surface area contributed by atoms with Gasteiger partial charge < -0.3 is 89.3 Å². The van der Waals surface area contributed by atoms with Gasteiger partial charge in [0, 0.05) is 83.7 Å². The summed E-state index contributed by atoms with van der Waals surface area (Å²) >= 11 is 1.33. The summed E-state index contributed by atoms with van der Waals surface area (Å²) < 4.78 is 40.4. The van der Waals surface area contributed by atoms with E-state index in [9.17, 15) is 78.9 Å². The van der Waals surface area contributed by atoms with Crippen molar-refractivity contribution in [2.24, 2.45) is 11.8 Å². The fourth-order valence-electron chi connectivity index (χ4n) is 11.3. The predicted molar refractivity (Wildman–Crippen MR) is 329 cm³/mol. The number of esters is 2. The molecule has 1 aromatic carbocycles. The minimum absolute atomic E-state index is 0.0211. The molecule has 1 aromatic rings. The zero-order valence-electron chi connectivity index (χ0n) is 53.3. The number of imide groups is 1. The summed E-state index contributed by atoms with van der Waals surface area (Å²) in [6, 6.07) is 4.07. The van der Waals surface area contributed by atoms with Gasteiger partial charge in [-0.2, -0.15) is 11.8 Å². The van der Waals surface area contributed by atoms with Crippen LogP contribution in [0.15, 0.2) is 54.2 Å². The minimum atomic E-state index is -2.02. The maximum Gasteiger partial charge on any atom is 0.410 e. The van der Waals surface area contributed by atoms with Crippen LogP contribution >= 0.6 is 11.8 Å². The molecule has 5 aliphatic rings. The van der Waals surface area contributed by atoms with Crippen LogP contribution in [0.1, 0.15) is 125 Å². The van der Waals surface area contributed by atoms with Crippen molar-refractivity contribution in [3.05, 3.63) is 59.7 Å². The zero-order chi connectivity index (χ0) is 67.8. The number of thioether (sulfide) groups is 1. The Labute approximate surface area is 538 Å². The van der Waals surface area contributed by atoms with Crippen LogP contribution in [-0.4, -0.2) is 233 Å². The number of ether oxygens (including phenoxy) is 7. The van der Waals surface area contributed by atoms with E-state index >= 15 is 0 Å². The number of likely N-dealkylation sites (tertiary alicyclic amines) is 1. The molecule has 0 bridgehead atoms. The van der Waals surface area contributed by atoms with Crippen molar-refractivity contribution in [2.75, 3.05) is 50.8 Å². The van der Waals surface area contributed by atoms with Crippen molar-refractivity contribution in [1.82, 2.24) is 20.0 Å². The minimum Gasteiger partial charge on any atom is -0.479 e. The number of allylic oxidation sites excluding steroid dienone is 2. The first-order valence-corrected chi connectivity index (χ1v) is 32.4. The van der Waals surface area contributed by atoms with Gasteiger partial charge in [0.05, 0.1) is 47.4 Å². The van der Waals surface area contributed by atoms with E-state index in [-0.39, 0.29) is 142 Å². The lowest BCUT2D eigenvalue weighted by Gasteiger charge is -2.38. The van der Waals surface area contributed by atoms with Crippen molar-refractivity contribution >= 4 is 71.2 Å². The van der Waals surface area contributed by atoms with E-state index in [1.54, 1.807) is 58.3 Å². The second-order valence-electron chi connectivity index (χ2n) is 24.5. The number of nitrogens with zero attached hydrogens (tertiary/aromatic N) is 3. The molecular weight excluding hydrogens is 1230 g/mol. The molecule has 0 aliphatic carbocycles. The molecule has 6 rings (SSSR count). The van der Waals surface area contributed by atoms with Gasteiger partial charge in [0.25, 0.3) is 0 Å². The second kappa shape index (κ2) is 33.9. The monoisotopic (exact) mass is 1320 g/mol. The molecule has 4 fully saturated rings. The van der Waals surface area contributed by atoms with E-state index in [0.29, 0.717) is 31.3 Å². The SMILES string of the molecule is CC[C@H](O)[C@@H](C)[C@H]1O[C@@H]1C[C@@](C)(O)/C=C/C=C(\C)[C@H]1OC(=O)C[C@H](O)CC[C@@](C)(OC(C)=O)[C@@H](OC(=O)N2CCN(C(=O)OCc3ccc(O[C@@H]4O[C@H](C(=O)O)[C@@H](O)[C@H](O)[C@H]4O)c(NC(=O)CCNC(=O)CCCCCN4C(=O)CC(SC)C4=O)c3)CC2)/C=C/[C@@H]1C. The molecule has 6 amide bonds. The summed E-state index contributed by atoms with van der Waals surface area (Å²) in [5.74, 6) is -5.35. The highest BCUT2D eigenvalue weighted by molar-refractivity contribution is 8.00. The van der Waals surface area contributed by atoms with Gasteiger partial charge in [-0.1, -0.05) is 57.6 Å². The van der Waals surface area contributed by atoms with Crippen LogP contribution in [0.4, 0.5) is 15.3 Å². The first kappa shape index (κ1) is 74.3. The quantitative estimate of drug-likeness (QED) is 0.0122. The van der Waals surface area contributed by atoms with Gasteiger partial charge in [0.15, 0.2) is 12.2 Å². The van der Waals surface area contributed by atoms with E-state index in [1.165, 1.54) is 57.7 Å². The summed E-state index contributed by atoms with van der Waals surface area (Å²) in [5, 5.41) is 78.4. The third-order valence-corrected chi connectivity index (χ3v) is 17.9. The standard InChI is InChI=1S/C63H91N5O23S/c1-9-42(71)37(4)55-44(86-55)33-62(6,84)22-13-14-35(2)54-36(3)16-19-46(63(7,91-38(5)69)23-20-40(70)31-50(75)89-54)88-61(83)67-28-26-66(27-29-67)60(82)85-34-39-17-18-43(87-59-53(78)51(76)52(77)56(90-59)58(80)81)41(30-39)65-48(73)21-24-64-47(72)15-11-10-12-25-68-49(74)32-45(92-8)57(68)79/h13-14,16-19,22,30,36-37,40,42,44-46,51-56,59,70-71,76-78,84H,9-12,15,20-21,23-29,31-34H2,1-8H3,(H,64,72)(H,65,73)(H,80,81)/b19-16+,22-13+,35-14+/t36-,37+,40+,42-,44+,45?,46-,51-,52-,53+,54+,55+,56-,59+,62-,63+/m0/s1. The van der Waals surface area contributed by atoms with Gasteiger partial charge in [-0.15, -0.1) is 0 Å². The van der Waals surface area contributed by atoms with Gasteiger partial charge in [0.2, 0.25) is 29.9 Å². The van der Waals surface area contributed by atoms with E-state index in [2.05, 4.69) is 10.6 Å². The molecule has 9 N–H and O–H groups in total. The molecule has 1 unspecified atom stereocenters. The Kier molecular flexibility index (Phi) is 27.4. The molecule has 0 saturated carbocycles. The van der Waals surface area contributed by atoms with Gasteiger partial charge in [-0.3, -0.25) is 33.7 Å². The number of piperazine rings is 1. The number of anilines is 1. The van der Waals surface area contributed by atoms with Crippen molar-refractivity contribution in [1.29, 1.82) is 0 Å². The smallest absolute Gasteiger partial charge is 0.410 e. The van der Waals surface area contributed by atoms with Gasteiger partial charge in [-0.05, 0) is 88.5 Å². The number of rotatable bonds is 26. The normalized spacial score (nSPS) is 29.8. The number of epoxide rings is 1. The van der Waals surface area contributed by atoms with Crippen molar-refractivity contribution in [3.8, 4) is 5.75 Å². The summed E-state index contributed by atoms with van der Waals surface area (Å²) in [7, 11) is 0. The number of carboxylic acids is 1. The number of hydrogen-bond donors (Lipinski definition) is 9. The highest BCUT2D eigenvalue weighted by Gasteiger charge is 2.50. The number of aliphatic hydroxyl groups excluding tert-OH is 5. The number of carbonyl (C=O) groups excluding carboxylic acids is 8. The maximum absolute atomic E-state index is 14.1. The van der Waals surface area contributed by atoms with Crippen LogP contribution in [-0.2, 0) is 68.6 Å². The number of amides is 6. The van der Waals surface area contributed by atoms with Crippen molar-refractivity contribution < 1.29 is 112 Å². The summed E-state index contributed by atoms with van der Waals surface area (Å²) in [5.41, 5.74) is -2.05. The van der Waals surface area contributed by atoms with E-state index in [1.807, 2.05) is 13.8 Å². The molecule has 4 saturated heterocycles. The number of nitrogens with one attached hydrogen (secondary N) is 2.